The molecule has 32 heavy (non-hydrogen) atoms. The molecule has 0 saturated heterocycles. The summed E-state index contributed by atoms with van der Waals surface area (Å²) in [5.74, 6) is -3.25. The Morgan fingerprint density at radius 3 is 2.38 bits per heavy atom. The summed E-state index contributed by atoms with van der Waals surface area (Å²) < 4.78 is 0. The lowest BCUT2D eigenvalue weighted by Crippen LogP contribution is -2.33. The Labute approximate surface area is 183 Å². The van der Waals surface area contributed by atoms with E-state index in [9.17, 15) is 19.5 Å². The number of aliphatic carboxylic acids is 1. The smallest absolute Gasteiger partial charge is 0.322 e. The van der Waals surface area contributed by atoms with Crippen molar-refractivity contribution in [2.75, 3.05) is 6.54 Å². The van der Waals surface area contributed by atoms with Gasteiger partial charge in [0, 0.05) is 18.3 Å². The van der Waals surface area contributed by atoms with Gasteiger partial charge in [-0.25, -0.2) is 9.97 Å². The van der Waals surface area contributed by atoms with Gasteiger partial charge in [0.25, 0.3) is 11.5 Å². The lowest BCUT2D eigenvalue weighted by molar-refractivity contribution is -0.135. The molecule has 166 valence electrons. The number of carboxylic acid groups (broad SMARTS) is 1. The number of H-pyrrole nitrogens is 1. The Balaban J connectivity index is 1.84. The standard InChI is InChI=1S/C22H23N5O5/c1-22(2,3)13-6-4-12(5-7-13)10-14-8-9-23-17(25-14)18-26-20(31)16(21(32)27-18)19(30)24-11-15(28)29/h4-9H,10-11H2,1-3H3,(H,24,30)(H,28,29)(H2,26,27,31,32). The molecule has 0 unspecified atom stereocenters. The number of aromatic amines is 1. The van der Waals surface area contributed by atoms with Gasteiger partial charge in [0.05, 0.1) is 0 Å². The third-order valence-corrected chi connectivity index (χ3v) is 4.66. The molecule has 3 aromatic rings. The third-order valence-electron chi connectivity index (χ3n) is 4.66. The van der Waals surface area contributed by atoms with E-state index >= 15 is 0 Å². The topological polar surface area (TPSA) is 158 Å². The number of aromatic nitrogens is 4. The molecule has 0 aliphatic rings. The Morgan fingerprint density at radius 2 is 1.78 bits per heavy atom. The van der Waals surface area contributed by atoms with Crippen LogP contribution in [0.4, 0.5) is 0 Å². The van der Waals surface area contributed by atoms with E-state index in [-0.39, 0.29) is 17.1 Å². The van der Waals surface area contributed by atoms with Crippen molar-refractivity contribution >= 4 is 11.9 Å². The first-order valence-electron chi connectivity index (χ1n) is 9.79. The lowest BCUT2D eigenvalue weighted by atomic mass is 9.86. The maximum absolute atomic E-state index is 12.3. The van der Waals surface area contributed by atoms with Crippen molar-refractivity contribution in [2.24, 2.45) is 0 Å². The second-order valence-corrected chi connectivity index (χ2v) is 8.18. The van der Waals surface area contributed by atoms with E-state index in [0.29, 0.717) is 12.1 Å². The monoisotopic (exact) mass is 437 g/mol. The second kappa shape index (κ2) is 8.96. The van der Waals surface area contributed by atoms with Crippen LogP contribution in [0.25, 0.3) is 11.6 Å². The Bertz CT molecular complexity index is 1210. The molecule has 2 aromatic heterocycles. The van der Waals surface area contributed by atoms with Crippen molar-refractivity contribution in [1.29, 1.82) is 0 Å². The fourth-order valence-corrected chi connectivity index (χ4v) is 2.96. The molecule has 4 N–H and O–H groups in total. The first-order chi connectivity index (χ1) is 15.0. The summed E-state index contributed by atoms with van der Waals surface area (Å²) in [4.78, 5) is 49.5. The van der Waals surface area contributed by atoms with Crippen molar-refractivity contribution in [1.82, 2.24) is 25.3 Å². The van der Waals surface area contributed by atoms with Crippen LogP contribution in [0.5, 0.6) is 5.88 Å². The molecule has 1 amide bonds. The van der Waals surface area contributed by atoms with Crippen LogP contribution >= 0.6 is 0 Å². The molecule has 0 radical (unpaired) electrons. The van der Waals surface area contributed by atoms with Crippen LogP contribution in [0.15, 0.2) is 41.3 Å². The highest BCUT2D eigenvalue weighted by atomic mass is 16.4. The van der Waals surface area contributed by atoms with Gasteiger partial charge < -0.3 is 20.5 Å². The maximum atomic E-state index is 12.3. The second-order valence-electron chi connectivity index (χ2n) is 8.18. The number of hydrogen-bond acceptors (Lipinski definition) is 7. The third kappa shape index (κ3) is 5.34. The van der Waals surface area contributed by atoms with Crippen molar-refractivity contribution in [2.45, 2.75) is 32.6 Å². The Kier molecular flexibility index (Phi) is 6.33. The van der Waals surface area contributed by atoms with Gasteiger partial charge in [-0.1, -0.05) is 45.0 Å². The summed E-state index contributed by atoms with van der Waals surface area (Å²) >= 11 is 0. The Morgan fingerprint density at radius 1 is 1.09 bits per heavy atom. The van der Waals surface area contributed by atoms with Crippen LogP contribution in [0.2, 0.25) is 0 Å². The lowest BCUT2D eigenvalue weighted by Gasteiger charge is -2.19. The quantitative estimate of drug-likeness (QED) is 0.453. The van der Waals surface area contributed by atoms with Crippen LogP contribution in [0, 0.1) is 0 Å². The number of hydrogen-bond donors (Lipinski definition) is 4. The van der Waals surface area contributed by atoms with Crippen molar-refractivity contribution in [3.05, 3.63) is 69.3 Å². The van der Waals surface area contributed by atoms with Gasteiger partial charge in [0.2, 0.25) is 5.88 Å². The molecule has 10 nitrogen and oxygen atoms in total. The highest BCUT2D eigenvalue weighted by Gasteiger charge is 2.21. The normalized spacial score (nSPS) is 11.2. The number of carbonyl (C=O) groups excluding carboxylic acids is 1. The number of aromatic hydroxyl groups is 1. The van der Waals surface area contributed by atoms with E-state index in [1.54, 1.807) is 6.07 Å². The van der Waals surface area contributed by atoms with Crippen LogP contribution in [-0.2, 0) is 16.6 Å². The van der Waals surface area contributed by atoms with E-state index in [0.717, 1.165) is 5.56 Å². The van der Waals surface area contributed by atoms with E-state index in [2.05, 4.69) is 52.8 Å². The number of carboxylic acids is 1. The zero-order chi connectivity index (χ0) is 23.5. The molecule has 0 saturated carbocycles. The number of benzene rings is 1. The van der Waals surface area contributed by atoms with E-state index in [4.69, 9.17) is 5.11 Å². The zero-order valence-electron chi connectivity index (χ0n) is 17.8. The molecule has 0 fully saturated rings. The minimum Gasteiger partial charge on any atom is -0.493 e. The summed E-state index contributed by atoms with van der Waals surface area (Å²) in [6, 6.07) is 9.93. The SMILES string of the molecule is CC(C)(C)c1ccc(Cc2ccnc(-c3nc(O)c(C(=O)NCC(=O)O)c(=O)[nH]3)n2)cc1. The van der Waals surface area contributed by atoms with Crippen molar-refractivity contribution in [3.63, 3.8) is 0 Å². The van der Waals surface area contributed by atoms with Gasteiger partial charge in [-0.2, -0.15) is 4.98 Å². The molecule has 0 spiro atoms. The van der Waals surface area contributed by atoms with Crippen LogP contribution in [-0.4, -0.2) is 48.6 Å². The van der Waals surface area contributed by atoms with Crippen molar-refractivity contribution < 1.29 is 19.8 Å². The molecular weight excluding hydrogens is 414 g/mol. The van der Waals surface area contributed by atoms with Crippen LogP contribution < -0.4 is 10.9 Å². The molecule has 0 atom stereocenters. The number of carbonyl (C=O) groups is 2. The largest absolute Gasteiger partial charge is 0.493 e. The van der Waals surface area contributed by atoms with Gasteiger partial charge in [-0.05, 0) is 22.6 Å². The van der Waals surface area contributed by atoms with Gasteiger partial charge in [0.1, 0.15) is 6.54 Å². The predicted octanol–water partition coefficient (Wildman–Crippen LogP) is 1.64. The molecule has 0 bridgehead atoms. The molecular formula is C22H23N5O5. The van der Waals surface area contributed by atoms with Crippen LogP contribution in [0.3, 0.4) is 0 Å². The van der Waals surface area contributed by atoms with Gasteiger partial charge in [-0.15, -0.1) is 0 Å². The zero-order valence-corrected chi connectivity index (χ0v) is 17.8. The molecule has 0 aliphatic heterocycles. The summed E-state index contributed by atoms with van der Waals surface area (Å²) in [5, 5.41) is 20.7. The first kappa shape index (κ1) is 22.6. The number of rotatable bonds is 6. The minimum atomic E-state index is -1.29. The highest BCUT2D eigenvalue weighted by Crippen LogP contribution is 2.23. The summed E-state index contributed by atoms with van der Waals surface area (Å²) in [6.07, 6.45) is 2.03. The van der Waals surface area contributed by atoms with Gasteiger partial charge in [-0.3, -0.25) is 14.4 Å². The molecule has 1 aromatic carbocycles. The molecule has 10 heteroatoms. The summed E-state index contributed by atoms with van der Waals surface area (Å²) in [6.45, 7) is 5.72. The number of amides is 1. The van der Waals surface area contributed by atoms with E-state index in [1.807, 2.05) is 17.4 Å². The first-order valence-corrected chi connectivity index (χ1v) is 9.79. The van der Waals surface area contributed by atoms with Gasteiger partial charge >= 0.3 is 5.97 Å². The summed E-state index contributed by atoms with van der Waals surface area (Å²) in [7, 11) is 0. The van der Waals surface area contributed by atoms with Crippen molar-refractivity contribution in [3.8, 4) is 17.5 Å². The van der Waals surface area contributed by atoms with Gasteiger partial charge in [0.15, 0.2) is 17.2 Å². The molecule has 0 aliphatic carbocycles. The number of nitrogens with one attached hydrogen (secondary N) is 2. The Hall–Kier alpha value is -4.08. The minimum absolute atomic E-state index is 0.0524. The summed E-state index contributed by atoms with van der Waals surface area (Å²) in [5.41, 5.74) is 1.35. The van der Waals surface area contributed by atoms with Crippen LogP contribution in [0.1, 0.15) is 48.0 Å². The molecule has 2 heterocycles. The number of nitrogens with zero attached hydrogens (tertiary/aromatic N) is 3. The average Bonchev–Trinajstić information content (AvgIpc) is 2.71. The molecule has 3 rings (SSSR count). The maximum Gasteiger partial charge on any atom is 0.322 e. The average molecular weight is 437 g/mol. The predicted molar refractivity (Wildman–Crippen MR) is 115 cm³/mol. The fraction of sp³-hybridized carbons (Fsp3) is 0.273. The highest BCUT2D eigenvalue weighted by molar-refractivity contribution is 5.97. The van der Waals surface area contributed by atoms with E-state index < -0.39 is 35.4 Å². The van der Waals surface area contributed by atoms with E-state index in [1.165, 1.54) is 11.8 Å². The fourth-order valence-electron chi connectivity index (χ4n) is 2.96.